The molecule has 0 aliphatic rings. The SMILES string of the molecule is CCCCCC[C@H](NC(=O)c1ccncc1)C(=O)O. The second kappa shape index (κ2) is 8.24. The lowest BCUT2D eigenvalue weighted by Crippen LogP contribution is -2.40. The van der Waals surface area contributed by atoms with E-state index in [1.165, 1.54) is 12.4 Å². The molecule has 5 nitrogen and oxygen atoms in total. The smallest absolute Gasteiger partial charge is 0.326 e. The van der Waals surface area contributed by atoms with Gasteiger partial charge in [0.05, 0.1) is 0 Å². The monoisotopic (exact) mass is 264 g/mol. The lowest BCUT2D eigenvalue weighted by Gasteiger charge is -2.14. The van der Waals surface area contributed by atoms with E-state index < -0.39 is 12.0 Å². The topological polar surface area (TPSA) is 79.3 Å². The summed E-state index contributed by atoms with van der Waals surface area (Å²) in [5.74, 6) is -1.36. The number of hydrogen-bond donors (Lipinski definition) is 2. The first-order valence-corrected chi connectivity index (χ1v) is 6.58. The third-order valence-corrected chi connectivity index (χ3v) is 2.89. The summed E-state index contributed by atoms with van der Waals surface area (Å²) in [6.45, 7) is 2.10. The van der Waals surface area contributed by atoms with E-state index in [1.807, 2.05) is 0 Å². The molecule has 104 valence electrons. The largest absolute Gasteiger partial charge is 0.480 e. The summed E-state index contributed by atoms with van der Waals surface area (Å²) in [5, 5.41) is 11.6. The number of aromatic nitrogens is 1. The molecule has 0 aliphatic carbocycles. The van der Waals surface area contributed by atoms with Crippen LogP contribution in [0.4, 0.5) is 0 Å². The number of carboxylic acid groups (broad SMARTS) is 1. The number of pyridine rings is 1. The normalized spacial score (nSPS) is 11.8. The second-order valence-corrected chi connectivity index (χ2v) is 4.45. The lowest BCUT2D eigenvalue weighted by molar-refractivity contribution is -0.139. The van der Waals surface area contributed by atoms with Crippen LogP contribution in [0.5, 0.6) is 0 Å². The minimum Gasteiger partial charge on any atom is -0.480 e. The zero-order valence-corrected chi connectivity index (χ0v) is 11.1. The van der Waals surface area contributed by atoms with E-state index in [4.69, 9.17) is 5.11 Å². The summed E-state index contributed by atoms with van der Waals surface area (Å²) >= 11 is 0. The van der Waals surface area contributed by atoms with Crippen molar-refractivity contribution in [2.24, 2.45) is 0 Å². The van der Waals surface area contributed by atoms with Gasteiger partial charge in [-0.3, -0.25) is 9.78 Å². The molecular weight excluding hydrogens is 244 g/mol. The van der Waals surface area contributed by atoms with Crippen molar-refractivity contribution in [2.45, 2.75) is 45.1 Å². The summed E-state index contributed by atoms with van der Waals surface area (Å²) in [7, 11) is 0. The minimum atomic E-state index is -0.987. The summed E-state index contributed by atoms with van der Waals surface area (Å²) in [6, 6.07) is 2.30. The number of aliphatic carboxylic acids is 1. The standard InChI is InChI=1S/C14H20N2O3/c1-2-3-4-5-6-12(14(18)19)16-13(17)11-7-9-15-10-8-11/h7-10,12H,2-6H2,1H3,(H,16,17)(H,18,19)/t12-/m0/s1. The third kappa shape index (κ3) is 5.50. The highest BCUT2D eigenvalue weighted by Gasteiger charge is 2.19. The number of nitrogens with one attached hydrogen (secondary N) is 1. The van der Waals surface area contributed by atoms with Crippen LogP contribution < -0.4 is 5.32 Å². The van der Waals surface area contributed by atoms with Gasteiger partial charge in [-0.25, -0.2) is 4.79 Å². The van der Waals surface area contributed by atoms with E-state index in [1.54, 1.807) is 12.1 Å². The van der Waals surface area contributed by atoms with Crippen molar-refractivity contribution in [1.29, 1.82) is 0 Å². The molecule has 1 heterocycles. The zero-order chi connectivity index (χ0) is 14.1. The number of unbranched alkanes of at least 4 members (excludes halogenated alkanes) is 3. The predicted molar refractivity (Wildman–Crippen MR) is 71.9 cm³/mol. The first-order chi connectivity index (χ1) is 9.15. The average molecular weight is 264 g/mol. The van der Waals surface area contributed by atoms with E-state index in [0.717, 1.165) is 25.7 Å². The van der Waals surface area contributed by atoms with E-state index in [0.29, 0.717) is 12.0 Å². The van der Waals surface area contributed by atoms with Gasteiger partial charge in [-0.05, 0) is 18.6 Å². The first-order valence-electron chi connectivity index (χ1n) is 6.58. The van der Waals surface area contributed by atoms with Gasteiger partial charge in [0.1, 0.15) is 6.04 Å². The number of carboxylic acids is 1. The number of carbonyl (C=O) groups excluding carboxylic acids is 1. The highest BCUT2D eigenvalue weighted by atomic mass is 16.4. The Kier molecular flexibility index (Phi) is 6.57. The molecule has 2 N–H and O–H groups in total. The van der Waals surface area contributed by atoms with Gasteiger partial charge in [-0.15, -0.1) is 0 Å². The molecule has 0 fully saturated rings. The Hall–Kier alpha value is -1.91. The quantitative estimate of drug-likeness (QED) is 0.706. The summed E-state index contributed by atoms with van der Waals surface area (Å²) < 4.78 is 0. The molecule has 1 rings (SSSR count). The molecule has 0 spiro atoms. The van der Waals surface area contributed by atoms with Crippen LogP contribution >= 0.6 is 0 Å². The number of rotatable bonds is 8. The maximum Gasteiger partial charge on any atom is 0.326 e. The summed E-state index contributed by atoms with van der Waals surface area (Å²) in [4.78, 5) is 26.8. The van der Waals surface area contributed by atoms with Crippen molar-refractivity contribution in [2.75, 3.05) is 0 Å². The molecule has 19 heavy (non-hydrogen) atoms. The molecule has 1 amide bonds. The van der Waals surface area contributed by atoms with Crippen molar-refractivity contribution in [3.8, 4) is 0 Å². The Morgan fingerprint density at radius 3 is 2.53 bits per heavy atom. The highest BCUT2D eigenvalue weighted by molar-refractivity contribution is 5.96. The molecule has 1 atom stereocenters. The van der Waals surface area contributed by atoms with Crippen molar-refractivity contribution in [3.63, 3.8) is 0 Å². The van der Waals surface area contributed by atoms with Gasteiger partial charge in [0.2, 0.25) is 0 Å². The van der Waals surface area contributed by atoms with Crippen LogP contribution in [0.1, 0.15) is 49.4 Å². The third-order valence-electron chi connectivity index (χ3n) is 2.89. The van der Waals surface area contributed by atoms with E-state index >= 15 is 0 Å². The zero-order valence-electron chi connectivity index (χ0n) is 11.1. The summed E-state index contributed by atoms with van der Waals surface area (Å²) in [6.07, 6.45) is 7.46. The Morgan fingerprint density at radius 1 is 1.26 bits per heavy atom. The van der Waals surface area contributed by atoms with Crippen LogP contribution in [0.15, 0.2) is 24.5 Å². The Morgan fingerprint density at radius 2 is 1.95 bits per heavy atom. The fraction of sp³-hybridized carbons (Fsp3) is 0.500. The van der Waals surface area contributed by atoms with Gasteiger partial charge in [0.25, 0.3) is 5.91 Å². The molecule has 0 aromatic carbocycles. The van der Waals surface area contributed by atoms with Crippen LogP contribution in [-0.4, -0.2) is 28.0 Å². The fourth-order valence-corrected chi connectivity index (χ4v) is 1.78. The van der Waals surface area contributed by atoms with Crippen molar-refractivity contribution in [1.82, 2.24) is 10.3 Å². The molecule has 0 radical (unpaired) electrons. The molecule has 1 aromatic heterocycles. The van der Waals surface area contributed by atoms with Crippen molar-refractivity contribution >= 4 is 11.9 Å². The van der Waals surface area contributed by atoms with Crippen LogP contribution in [0.2, 0.25) is 0 Å². The molecule has 1 aromatic rings. The second-order valence-electron chi connectivity index (χ2n) is 4.45. The van der Waals surface area contributed by atoms with E-state index in [-0.39, 0.29) is 5.91 Å². The van der Waals surface area contributed by atoms with Crippen LogP contribution in [0, 0.1) is 0 Å². The number of nitrogens with zero attached hydrogens (tertiary/aromatic N) is 1. The van der Waals surface area contributed by atoms with Crippen LogP contribution in [0.3, 0.4) is 0 Å². The molecule has 5 heteroatoms. The molecule has 0 unspecified atom stereocenters. The number of hydrogen-bond acceptors (Lipinski definition) is 3. The van der Waals surface area contributed by atoms with Gasteiger partial charge >= 0.3 is 5.97 Å². The van der Waals surface area contributed by atoms with E-state index in [9.17, 15) is 9.59 Å². The highest BCUT2D eigenvalue weighted by Crippen LogP contribution is 2.07. The molecule has 0 saturated heterocycles. The minimum absolute atomic E-state index is 0.370. The number of carbonyl (C=O) groups is 2. The predicted octanol–water partition coefficient (Wildman–Crippen LogP) is 2.23. The molecule has 0 bridgehead atoms. The van der Waals surface area contributed by atoms with E-state index in [2.05, 4.69) is 17.2 Å². The maximum absolute atomic E-state index is 11.8. The summed E-state index contributed by atoms with van der Waals surface area (Å²) in [5.41, 5.74) is 0.426. The Balaban J connectivity index is 2.49. The van der Waals surface area contributed by atoms with Crippen molar-refractivity contribution in [3.05, 3.63) is 30.1 Å². The fourth-order valence-electron chi connectivity index (χ4n) is 1.78. The van der Waals surface area contributed by atoms with Gasteiger partial charge in [-0.2, -0.15) is 0 Å². The van der Waals surface area contributed by atoms with Gasteiger partial charge in [0.15, 0.2) is 0 Å². The molecule has 0 aliphatic heterocycles. The van der Waals surface area contributed by atoms with Crippen molar-refractivity contribution < 1.29 is 14.7 Å². The van der Waals surface area contributed by atoms with Gasteiger partial charge in [-0.1, -0.05) is 32.6 Å². The van der Waals surface area contributed by atoms with Gasteiger partial charge < -0.3 is 10.4 Å². The maximum atomic E-state index is 11.8. The molecular formula is C14H20N2O3. The first kappa shape index (κ1) is 15.1. The Bertz CT molecular complexity index is 406. The van der Waals surface area contributed by atoms with Gasteiger partial charge in [0, 0.05) is 18.0 Å². The molecule has 0 saturated carbocycles. The Labute approximate surface area is 113 Å². The number of amides is 1. The van der Waals surface area contributed by atoms with Crippen LogP contribution in [0.25, 0.3) is 0 Å². The lowest BCUT2D eigenvalue weighted by atomic mass is 10.1. The average Bonchev–Trinajstić information content (AvgIpc) is 2.42. The van der Waals surface area contributed by atoms with Crippen LogP contribution in [-0.2, 0) is 4.79 Å².